The summed E-state index contributed by atoms with van der Waals surface area (Å²) in [6, 6.07) is 11.2. The third kappa shape index (κ3) is 3.93. The number of carbonyl (C=O) groups excluding carboxylic acids is 2. The van der Waals surface area contributed by atoms with Gasteiger partial charge < -0.3 is 15.0 Å². The Morgan fingerprint density at radius 3 is 2.86 bits per heavy atom. The van der Waals surface area contributed by atoms with Crippen molar-refractivity contribution in [2.45, 2.75) is 0 Å². The van der Waals surface area contributed by atoms with Gasteiger partial charge in [-0.1, -0.05) is 35.1 Å². The molecule has 0 unspecified atom stereocenters. The number of carbonyl (C=O) groups is 2. The van der Waals surface area contributed by atoms with E-state index in [0.29, 0.717) is 23.2 Å². The summed E-state index contributed by atoms with van der Waals surface area (Å²) < 4.78 is 19.6. The van der Waals surface area contributed by atoms with Crippen molar-refractivity contribution in [2.75, 3.05) is 25.0 Å². The van der Waals surface area contributed by atoms with Crippen molar-refractivity contribution < 1.29 is 18.7 Å². The highest BCUT2D eigenvalue weighted by molar-refractivity contribution is 7.22. The molecule has 144 valence electrons. The zero-order valence-electron chi connectivity index (χ0n) is 14.5. The average molecular weight is 420 g/mol. The molecule has 0 radical (unpaired) electrons. The van der Waals surface area contributed by atoms with Crippen LogP contribution in [-0.4, -0.2) is 41.4 Å². The number of nitrogens with one attached hydrogen (secondary N) is 1. The number of thiazole rings is 1. The molecule has 1 fully saturated rings. The molecule has 0 saturated carbocycles. The minimum absolute atomic E-state index is 0.0293. The zero-order valence-corrected chi connectivity index (χ0v) is 16.1. The standard InChI is InChI=1S/C19H15ClFN3O3S/c20-12-5-6-14-16(7-12)28-19(22-14)23-18(26)11-8-24(9-11)17(25)10-27-15-4-2-1-3-13(15)21/h1-7,11H,8-10H2,(H,22,23,26). The van der Waals surface area contributed by atoms with E-state index in [9.17, 15) is 14.0 Å². The van der Waals surface area contributed by atoms with Crippen LogP contribution in [0.3, 0.4) is 0 Å². The average Bonchev–Trinajstić information content (AvgIpc) is 3.01. The van der Waals surface area contributed by atoms with Gasteiger partial charge in [-0.05, 0) is 30.3 Å². The molecule has 0 atom stereocenters. The number of para-hydroxylation sites is 1. The van der Waals surface area contributed by atoms with Crippen LogP contribution in [0.5, 0.6) is 5.75 Å². The van der Waals surface area contributed by atoms with Crippen molar-refractivity contribution >= 4 is 50.1 Å². The second-order valence-electron chi connectivity index (χ2n) is 6.34. The number of ether oxygens (including phenoxy) is 1. The SMILES string of the molecule is O=C(Nc1nc2ccc(Cl)cc2s1)C1CN(C(=O)COc2ccccc2F)C1. The van der Waals surface area contributed by atoms with Gasteiger partial charge in [-0.3, -0.25) is 9.59 Å². The number of hydrogen-bond donors (Lipinski definition) is 1. The Bertz CT molecular complexity index is 1050. The summed E-state index contributed by atoms with van der Waals surface area (Å²) in [5.74, 6) is -1.28. The molecule has 3 aromatic rings. The fraction of sp³-hybridized carbons (Fsp3) is 0.211. The molecule has 28 heavy (non-hydrogen) atoms. The Balaban J connectivity index is 1.27. The van der Waals surface area contributed by atoms with Gasteiger partial charge in [0.05, 0.1) is 16.1 Å². The zero-order chi connectivity index (χ0) is 19.7. The van der Waals surface area contributed by atoms with E-state index in [4.69, 9.17) is 16.3 Å². The fourth-order valence-electron chi connectivity index (χ4n) is 2.80. The number of hydrogen-bond acceptors (Lipinski definition) is 5. The molecule has 9 heteroatoms. The largest absolute Gasteiger partial charge is 0.481 e. The fourth-order valence-corrected chi connectivity index (χ4v) is 3.94. The highest BCUT2D eigenvalue weighted by Gasteiger charge is 2.36. The minimum Gasteiger partial charge on any atom is -0.481 e. The Labute approximate surface area is 168 Å². The van der Waals surface area contributed by atoms with Gasteiger partial charge in [0.25, 0.3) is 5.91 Å². The summed E-state index contributed by atoms with van der Waals surface area (Å²) in [5, 5.41) is 3.89. The minimum atomic E-state index is -0.520. The molecule has 0 bridgehead atoms. The van der Waals surface area contributed by atoms with Gasteiger partial charge in [-0.15, -0.1) is 0 Å². The van der Waals surface area contributed by atoms with E-state index in [1.54, 1.807) is 30.3 Å². The maximum absolute atomic E-state index is 13.5. The van der Waals surface area contributed by atoms with E-state index in [1.165, 1.54) is 28.4 Å². The lowest BCUT2D eigenvalue weighted by Gasteiger charge is -2.37. The maximum Gasteiger partial charge on any atom is 0.260 e. The van der Waals surface area contributed by atoms with Crippen LogP contribution in [0, 0.1) is 11.7 Å². The normalized spacial score (nSPS) is 14.0. The smallest absolute Gasteiger partial charge is 0.260 e. The number of nitrogens with zero attached hydrogens (tertiary/aromatic N) is 2. The van der Waals surface area contributed by atoms with Crippen LogP contribution in [0.25, 0.3) is 10.2 Å². The van der Waals surface area contributed by atoms with Gasteiger partial charge in [0.2, 0.25) is 5.91 Å². The highest BCUT2D eigenvalue weighted by Crippen LogP contribution is 2.29. The molecule has 1 aliphatic heterocycles. The lowest BCUT2D eigenvalue weighted by molar-refractivity contribution is -0.143. The molecular formula is C19H15ClFN3O3S. The van der Waals surface area contributed by atoms with E-state index >= 15 is 0 Å². The molecule has 1 aromatic heterocycles. The number of benzene rings is 2. The van der Waals surface area contributed by atoms with E-state index in [2.05, 4.69) is 10.3 Å². The molecule has 0 spiro atoms. The second kappa shape index (κ2) is 7.73. The summed E-state index contributed by atoms with van der Waals surface area (Å²) >= 11 is 7.30. The summed E-state index contributed by atoms with van der Waals surface area (Å²) in [7, 11) is 0. The van der Waals surface area contributed by atoms with Crippen LogP contribution < -0.4 is 10.1 Å². The summed E-state index contributed by atoms with van der Waals surface area (Å²) in [5.41, 5.74) is 0.764. The van der Waals surface area contributed by atoms with Crippen molar-refractivity contribution in [2.24, 2.45) is 5.92 Å². The van der Waals surface area contributed by atoms with Crippen LogP contribution >= 0.6 is 22.9 Å². The Kier molecular flexibility index (Phi) is 5.15. The number of amides is 2. The summed E-state index contributed by atoms with van der Waals surface area (Å²) in [6.45, 7) is 0.317. The van der Waals surface area contributed by atoms with Crippen molar-refractivity contribution in [3.63, 3.8) is 0 Å². The first-order chi connectivity index (χ1) is 13.5. The van der Waals surface area contributed by atoms with E-state index in [1.807, 2.05) is 0 Å². The van der Waals surface area contributed by atoms with Crippen molar-refractivity contribution in [3.05, 3.63) is 53.3 Å². The molecule has 4 rings (SSSR count). The number of rotatable bonds is 5. The van der Waals surface area contributed by atoms with Crippen LogP contribution in [0.15, 0.2) is 42.5 Å². The molecule has 1 N–H and O–H groups in total. The van der Waals surface area contributed by atoms with Crippen molar-refractivity contribution in [1.82, 2.24) is 9.88 Å². The van der Waals surface area contributed by atoms with Crippen LogP contribution in [0.2, 0.25) is 5.02 Å². The number of fused-ring (bicyclic) bond motifs is 1. The number of halogens is 2. The lowest BCUT2D eigenvalue weighted by Crippen LogP contribution is -2.55. The Morgan fingerprint density at radius 1 is 1.29 bits per heavy atom. The van der Waals surface area contributed by atoms with Crippen molar-refractivity contribution in [1.29, 1.82) is 0 Å². The number of likely N-dealkylation sites (tertiary alicyclic amines) is 1. The van der Waals surface area contributed by atoms with Crippen LogP contribution in [0.1, 0.15) is 0 Å². The third-order valence-corrected chi connectivity index (χ3v) is 5.54. The third-order valence-electron chi connectivity index (χ3n) is 4.37. The lowest BCUT2D eigenvalue weighted by atomic mass is 9.99. The molecular weight excluding hydrogens is 405 g/mol. The molecule has 2 aromatic carbocycles. The van der Waals surface area contributed by atoms with Gasteiger partial charge in [0, 0.05) is 18.1 Å². The molecule has 2 amide bonds. The quantitative estimate of drug-likeness (QED) is 0.686. The van der Waals surface area contributed by atoms with Crippen molar-refractivity contribution in [3.8, 4) is 5.75 Å². The number of anilines is 1. The molecule has 6 nitrogen and oxygen atoms in total. The maximum atomic E-state index is 13.5. The van der Waals surface area contributed by atoms with E-state index < -0.39 is 5.82 Å². The topological polar surface area (TPSA) is 71.5 Å². The van der Waals surface area contributed by atoms with E-state index in [0.717, 1.165) is 10.2 Å². The first kappa shape index (κ1) is 18.6. The van der Waals surface area contributed by atoms with Crippen LogP contribution in [0.4, 0.5) is 9.52 Å². The molecule has 2 heterocycles. The van der Waals surface area contributed by atoms with Gasteiger partial charge in [0.15, 0.2) is 23.3 Å². The van der Waals surface area contributed by atoms with Gasteiger partial charge >= 0.3 is 0 Å². The Hall–Kier alpha value is -2.71. The second-order valence-corrected chi connectivity index (χ2v) is 7.80. The van der Waals surface area contributed by atoms with Gasteiger partial charge in [0.1, 0.15) is 0 Å². The summed E-state index contributed by atoms with van der Waals surface area (Å²) in [6.07, 6.45) is 0. The van der Waals surface area contributed by atoms with E-state index in [-0.39, 0.29) is 30.1 Å². The molecule has 0 aliphatic carbocycles. The monoisotopic (exact) mass is 419 g/mol. The summed E-state index contributed by atoms with van der Waals surface area (Å²) in [4.78, 5) is 30.3. The van der Waals surface area contributed by atoms with Gasteiger partial charge in [-0.2, -0.15) is 0 Å². The molecule has 1 saturated heterocycles. The predicted molar refractivity (Wildman–Crippen MR) is 105 cm³/mol. The van der Waals surface area contributed by atoms with Gasteiger partial charge in [-0.25, -0.2) is 9.37 Å². The highest BCUT2D eigenvalue weighted by atomic mass is 35.5. The van der Waals surface area contributed by atoms with Crippen LogP contribution in [-0.2, 0) is 9.59 Å². The first-order valence-corrected chi connectivity index (χ1v) is 9.71. The molecule has 1 aliphatic rings. The number of aromatic nitrogens is 1. The first-order valence-electron chi connectivity index (χ1n) is 8.51. The predicted octanol–water partition coefficient (Wildman–Crippen LogP) is 3.56. The Morgan fingerprint density at radius 2 is 2.07 bits per heavy atom.